The first kappa shape index (κ1) is 12.4. The van der Waals surface area contributed by atoms with Crippen LogP contribution in [0.3, 0.4) is 0 Å². The standard InChI is InChI=1S/C11H7BrO2.Ga.3H/c12-8-5-4-7-2-1-3-9(11(13)14)10(7)6-8;;;;/h1-6H,(H,13,14);;;;. The first-order chi connectivity index (χ1) is 6.68. The Morgan fingerprint density at radius 1 is 1.20 bits per heavy atom. The minimum absolute atomic E-state index is 0. The van der Waals surface area contributed by atoms with E-state index in [2.05, 4.69) is 15.9 Å². The molecular formula is C11H10BrGaO2. The molecule has 0 radical (unpaired) electrons. The van der Waals surface area contributed by atoms with Gasteiger partial charge in [-0.1, -0.05) is 34.1 Å². The van der Waals surface area contributed by atoms with Crippen molar-refractivity contribution in [2.45, 2.75) is 0 Å². The van der Waals surface area contributed by atoms with E-state index >= 15 is 0 Å². The molecule has 2 aromatic carbocycles. The zero-order valence-corrected chi connectivity index (χ0v) is 8.78. The van der Waals surface area contributed by atoms with E-state index in [1.165, 1.54) is 0 Å². The van der Waals surface area contributed by atoms with Crippen LogP contribution in [0.25, 0.3) is 10.8 Å². The molecule has 0 fully saturated rings. The fraction of sp³-hybridized carbons (Fsp3) is 0. The van der Waals surface area contributed by atoms with Gasteiger partial charge < -0.3 is 5.11 Å². The quantitative estimate of drug-likeness (QED) is 0.816. The molecule has 2 nitrogen and oxygen atoms in total. The van der Waals surface area contributed by atoms with Gasteiger partial charge in [0.15, 0.2) is 0 Å². The molecule has 0 bridgehead atoms. The Labute approximate surface area is 108 Å². The van der Waals surface area contributed by atoms with Gasteiger partial charge in [-0.3, -0.25) is 0 Å². The number of fused-ring (bicyclic) bond motifs is 1. The van der Waals surface area contributed by atoms with E-state index in [1.54, 1.807) is 12.1 Å². The van der Waals surface area contributed by atoms with E-state index in [1.807, 2.05) is 24.3 Å². The zero-order valence-electron chi connectivity index (χ0n) is 7.20. The number of carbonyl (C=O) groups is 1. The van der Waals surface area contributed by atoms with E-state index in [-0.39, 0.29) is 19.8 Å². The van der Waals surface area contributed by atoms with Gasteiger partial charge in [-0.25, -0.2) is 4.79 Å². The molecule has 76 valence electrons. The van der Waals surface area contributed by atoms with Gasteiger partial charge >= 0.3 is 25.8 Å². The summed E-state index contributed by atoms with van der Waals surface area (Å²) in [5.41, 5.74) is 0.337. The Morgan fingerprint density at radius 3 is 2.60 bits per heavy atom. The SMILES string of the molecule is O=C(O)c1cccc2ccc(Br)cc12.[GaH3]. The van der Waals surface area contributed by atoms with Crippen molar-refractivity contribution in [2.75, 3.05) is 0 Å². The summed E-state index contributed by atoms with van der Waals surface area (Å²) in [6.45, 7) is 0. The van der Waals surface area contributed by atoms with E-state index in [9.17, 15) is 4.79 Å². The van der Waals surface area contributed by atoms with Crippen LogP contribution in [0, 0.1) is 0 Å². The fourth-order valence-corrected chi connectivity index (χ4v) is 1.79. The molecule has 0 aliphatic heterocycles. The molecule has 0 atom stereocenters. The van der Waals surface area contributed by atoms with E-state index < -0.39 is 5.97 Å². The Balaban J connectivity index is 0.00000112. The third-order valence-corrected chi connectivity index (χ3v) is 2.57. The maximum absolute atomic E-state index is 10.9. The van der Waals surface area contributed by atoms with Crippen molar-refractivity contribution in [3.05, 3.63) is 46.4 Å². The average molecular weight is 324 g/mol. The number of carboxylic acids is 1. The normalized spacial score (nSPS) is 9.67. The molecular weight excluding hydrogens is 314 g/mol. The van der Waals surface area contributed by atoms with Crippen molar-refractivity contribution in [3.8, 4) is 0 Å². The summed E-state index contributed by atoms with van der Waals surface area (Å²) >= 11 is 3.32. The molecule has 0 saturated carbocycles. The van der Waals surface area contributed by atoms with Crippen LogP contribution in [0.5, 0.6) is 0 Å². The molecule has 0 unspecified atom stereocenters. The van der Waals surface area contributed by atoms with Gasteiger partial charge in [0.25, 0.3) is 0 Å². The van der Waals surface area contributed by atoms with Crippen LogP contribution in [0.4, 0.5) is 0 Å². The Kier molecular flexibility index (Phi) is 4.01. The number of hydrogen-bond donors (Lipinski definition) is 1. The fourth-order valence-electron chi connectivity index (χ4n) is 1.43. The monoisotopic (exact) mass is 322 g/mol. The van der Waals surface area contributed by atoms with Crippen molar-refractivity contribution in [3.63, 3.8) is 0 Å². The predicted molar refractivity (Wildman–Crippen MR) is 68.5 cm³/mol. The van der Waals surface area contributed by atoms with Crippen LogP contribution in [0.2, 0.25) is 0 Å². The zero-order chi connectivity index (χ0) is 10.1. The van der Waals surface area contributed by atoms with E-state index in [4.69, 9.17) is 5.11 Å². The second-order valence-electron chi connectivity index (χ2n) is 2.98. The van der Waals surface area contributed by atoms with Crippen molar-refractivity contribution in [1.82, 2.24) is 0 Å². The van der Waals surface area contributed by atoms with Crippen LogP contribution >= 0.6 is 15.9 Å². The summed E-state index contributed by atoms with van der Waals surface area (Å²) in [6, 6.07) is 10.9. The van der Waals surface area contributed by atoms with Crippen LogP contribution < -0.4 is 0 Å². The molecule has 1 N–H and O–H groups in total. The van der Waals surface area contributed by atoms with Crippen molar-refractivity contribution < 1.29 is 9.90 Å². The summed E-state index contributed by atoms with van der Waals surface area (Å²) in [4.78, 5) is 10.9. The number of halogens is 1. The van der Waals surface area contributed by atoms with Gasteiger partial charge in [0.1, 0.15) is 0 Å². The van der Waals surface area contributed by atoms with Crippen molar-refractivity contribution in [2.24, 2.45) is 0 Å². The van der Waals surface area contributed by atoms with Crippen molar-refractivity contribution in [1.29, 1.82) is 0 Å². The van der Waals surface area contributed by atoms with E-state index in [0.29, 0.717) is 5.56 Å². The average Bonchev–Trinajstić information content (AvgIpc) is 2.16. The Bertz CT molecular complexity index is 511. The molecule has 2 rings (SSSR count). The first-order valence-corrected chi connectivity index (χ1v) is 4.89. The molecule has 0 spiro atoms. The van der Waals surface area contributed by atoms with Crippen molar-refractivity contribution >= 4 is 52.5 Å². The molecule has 2 aromatic rings. The topological polar surface area (TPSA) is 37.3 Å². The Hall–Kier alpha value is -0.714. The second-order valence-corrected chi connectivity index (χ2v) is 3.89. The number of rotatable bonds is 1. The number of carboxylic acid groups (broad SMARTS) is 1. The molecule has 4 heteroatoms. The van der Waals surface area contributed by atoms with Gasteiger partial charge in [0.05, 0.1) is 5.56 Å². The molecule has 0 heterocycles. The second kappa shape index (κ2) is 4.87. The molecule has 0 saturated heterocycles. The van der Waals surface area contributed by atoms with Gasteiger partial charge in [-0.05, 0) is 29.0 Å². The summed E-state index contributed by atoms with van der Waals surface area (Å²) < 4.78 is 0.888. The Morgan fingerprint density at radius 2 is 1.93 bits per heavy atom. The third kappa shape index (κ3) is 2.45. The van der Waals surface area contributed by atoms with Crippen LogP contribution in [-0.4, -0.2) is 30.9 Å². The molecule has 0 aliphatic rings. The van der Waals surface area contributed by atoms with Gasteiger partial charge in [0.2, 0.25) is 0 Å². The molecule has 0 aromatic heterocycles. The van der Waals surface area contributed by atoms with Gasteiger partial charge in [-0.15, -0.1) is 0 Å². The third-order valence-electron chi connectivity index (χ3n) is 2.07. The molecule has 0 amide bonds. The predicted octanol–water partition coefficient (Wildman–Crippen LogP) is 2.12. The van der Waals surface area contributed by atoms with Gasteiger partial charge in [-0.2, -0.15) is 0 Å². The van der Waals surface area contributed by atoms with Crippen LogP contribution in [0.1, 0.15) is 10.4 Å². The number of aromatic carboxylic acids is 1. The van der Waals surface area contributed by atoms with Gasteiger partial charge in [0, 0.05) is 4.47 Å². The summed E-state index contributed by atoms with van der Waals surface area (Å²) in [5.74, 6) is -0.895. The number of benzene rings is 2. The minimum atomic E-state index is -0.895. The summed E-state index contributed by atoms with van der Waals surface area (Å²) in [5, 5.41) is 10.7. The first-order valence-electron chi connectivity index (χ1n) is 4.10. The van der Waals surface area contributed by atoms with Crippen LogP contribution in [-0.2, 0) is 0 Å². The van der Waals surface area contributed by atoms with E-state index in [0.717, 1.165) is 15.2 Å². The van der Waals surface area contributed by atoms with Crippen LogP contribution in [0.15, 0.2) is 40.9 Å². The molecule has 0 aliphatic carbocycles. The summed E-state index contributed by atoms with van der Waals surface area (Å²) in [6.07, 6.45) is 0. The number of hydrogen-bond acceptors (Lipinski definition) is 1. The molecule has 15 heavy (non-hydrogen) atoms. The maximum atomic E-state index is 10.9. The summed E-state index contributed by atoms with van der Waals surface area (Å²) in [7, 11) is 0.